The van der Waals surface area contributed by atoms with Gasteiger partial charge in [0.15, 0.2) is 0 Å². The summed E-state index contributed by atoms with van der Waals surface area (Å²) in [7, 11) is 0. The fraction of sp³-hybridized carbons (Fsp3) is 0.136. The van der Waals surface area contributed by atoms with Crippen LogP contribution in [-0.4, -0.2) is 4.98 Å². The third-order valence-electron chi connectivity index (χ3n) is 4.45. The van der Waals surface area contributed by atoms with Crippen molar-refractivity contribution in [3.05, 3.63) is 81.8 Å². The van der Waals surface area contributed by atoms with E-state index < -0.39 is 0 Å². The first-order valence-electron chi connectivity index (χ1n) is 8.81. The van der Waals surface area contributed by atoms with Crippen molar-refractivity contribution in [3.8, 4) is 11.5 Å². The summed E-state index contributed by atoms with van der Waals surface area (Å²) in [5, 5.41) is 3.76. The zero-order valence-corrected chi connectivity index (χ0v) is 16.9. The number of hydrogen-bond acceptors (Lipinski definition) is 5. The fourth-order valence-electron chi connectivity index (χ4n) is 2.91. The second-order valence-corrected chi connectivity index (χ2v) is 7.81. The molecule has 2 aromatic carbocycles. The molecule has 2 aromatic heterocycles. The van der Waals surface area contributed by atoms with E-state index in [9.17, 15) is 0 Å². The maximum absolute atomic E-state index is 6.08. The Labute approximate surface area is 172 Å². The lowest BCUT2D eigenvalue weighted by molar-refractivity contribution is 0.289. The Balaban J connectivity index is 1.47. The highest BCUT2D eigenvalue weighted by molar-refractivity contribution is 7.17. The van der Waals surface area contributed by atoms with E-state index in [4.69, 9.17) is 26.8 Å². The molecule has 0 bridgehead atoms. The second kappa shape index (κ2) is 8.09. The Morgan fingerprint density at radius 1 is 1.04 bits per heavy atom. The molecule has 0 unspecified atom stereocenters. The van der Waals surface area contributed by atoms with E-state index in [1.165, 1.54) is 0 Å². The maximum Gasteiger partial charge on any atom is 0.132 e. The van der Waals surface area contributed by atoms with Gasteiger partial charge < -0.3 is 15.2 Å². The third kappa shape index (κ3) is 4.06. The monoisotopic (exact) mass is 410 g/mol. The van der Waals surface area contributed by atoms with Crippen molar-refractivity contribution in [2.45, 2.75) is 20.1 Å². The minimum atomic E-state index is 0.428. The summed E-state index contributed by atoms with van der Waals surface area (Å²) in [5.41, 5.74) is 9.18. The van der Waals surface area contributed by atoms with Gasteiger partial charge in [0.05, 0.1) is 0 Å². The number of thiophene rings is 1. The summed E-state index contributed by atoms with van der Waals surface area (Å²) in [6.07, 6.45) is 1.73. The van der Waals surface area contributed by atoms with E-state index in [1.807, 2.05) is 55.5 Å². The van der Waals surface area contributed by atoms with Crippen molar-refractivity contribution in [3.63, 3.8) is 0 Å². The second-order valence-electron chi connectivity index (χ2n) is 6.46. The summed E-state index contributed by atoms with van der Waals surface area (Å²) in [5.74, 6) is 2.08. The molecular weight excluding hydrogens is 392 g/mol. The number of anilines is 1. The molecule has 0 fully saturated rings. The Kier molecular flexibility index (Phi) is 5.37. The molecule has 0 saturated heterocycles. The molecule has 0 atom stereocenters. The molecule has 0 aliphatic rings. The van der Waals surface area contributed by atoms with Gasteiger partial charge in [-0.2, -0.15) is 0 Å². The predicted octanol–water partition coefficient (Wildman–Crippen LogP) is 6.00. The first-order valence-corrected chi connectivity index (χ1v) is 10.1. The first kappa shape index (κ1) is 18.6. The number of hydrogen-bond donors (Lipinski definition) is 1. The molecule has 0 radical (unpaired) electrons. The van der Waals surface area contributed by atoms with Crippen LogP contribution in [0.25, 0.3) is 10.1 Å². The van der Waals surface area contributed by atoms with Crippen molar-refractivity contribution < 1.29 is 9.47 Å². The molecule has 4 rings (SSSR count). The van der Waals surface area contributed by atoms with Crippen molar-refractivity contribution in [2.75, 3.05) is 5.73 Å². The molecule has 2 N–H and O–H groups in total. The molecule has 0 amide bonds. The summed E-state index contributed by atoms with van der Waals surface area (Å²) in [6.45, 7) is 2.91. The van der Waals surface area contributed by atoms with Gasteiger partial charge in [-0.15, -0.1) is 11.3 Å². The topological polar surface area (TPSA) is 57.4 Å². The lowest BCUT2D eigenvalue weighted by atomic mass is 10.2. The number of nitrogens with zero attached hydrogens (tertiary/aromatic N) is 1. The molecule has 0 aliphatic heterocycles. The van der Waals surface area contributed by atoms with Crippen molar-refractivity contribution in [1.29, 1.82) is 0 Å². The normalized spacial score (nSPS) is 10.9. The zero-order chi connectivity index (χ0) is 19.5. The van der Waals surface area contributed by atoms with Gasteiger partial charge >= 0.3 is 0 Å². The lowest BCUT2D eigenvalue weighted by Crippen LogP contribution is -2.00. The number of nitrogen functional groups attached to an aromatic ring is 1. The number of nitrogens with two attached hydrogens (primary N) is 1. The van der Waals surface area contributed by atoms with Crippen LogP contribution < -0.4 is 15.2 Å². The molecule has 4 nitrogen and oxygen atoms in total. The number of halogens is 1. The van der Waals surface area contributed by atoms with Crippen LogP contribution in [0.1, 0.15) is 16.7 Å². The maximum atomic E-state index is 6.08. The zero-order valence-electron chi connectivity index (χ0n) is 15.3. The average molecular weight is 411 g/mol. The standard InChI is InChI=1S/C22H19ClN2O2S/c1-14-2-7-18(26-11-15-3-5-17(23)6-4-15)10-19(14)27-12-16-13-28-20-8-9-25-22(24)21(16)20/h2-10,13H,11-12H2,1H3,(H2,24,25). The van der Waals surface area contributed by atoms with Crippen LogP contribution in [0.15, 0.2) is 60.1 Å². The summed E-state index contributed by atoms with van der Waals surface area (Å²) in [6, 6.07) is 15.4. The van der Waals surface area contributed by atoms with Crippen LogP contribution in [0.3, 0.4) is 0 Å². The number of benzene rings is 2. The molecule has 2 heterocycles. The molecule has 4 aromatic rings. The van der Waals surface area contributed by atoms with Gasteiger partial charge in [0.1, 0.15) is 30.5 Å². The minimum Gasteiger partial charge on any atom is -0.489 e. The number of aromatic nitrogens is 1. The smallest absolute Gasteiger partial charge is 0.132 e. The number of fused-ring (bicyclic) bond motifs is 1. The van der Waals surface area contributed by atoms with E-state index in [-0.39, 0.29) is 0 Å². The van der Waals surface area contributed by atoms with Gasteiger partial charge in [0.2, 0.25) is 0 Å². The molecule has 0 aliphatic carbocycles. The lowest BCUT2D eigenvalue weighted by Gasteiger charge is -2.12. The van der Waals surface area contributed by atoms with Gasteiger partial charge in [-0.1, -0.05) is 29.8 Å². The van der Waals surface area contributed by atoms with Crippen LogP contribution in [-0.2, 0) is 13.2 Å². The number of aryl methyl sites for hydroxylation is 1. The van der Waals surface area contributed by atoms with E-state index >= 15 is 0 Å². The van der Waals surface area contributed by atoms with Crippen LogP contribution in [0.2, 0.25) is 5.02 Å². The first-order chi connectivity index (χ1) is 13.6. The average Bonchev–Trinajstić information content (AvgIpc) is 3.12. The van der Waals surface area contributed by atoms with Gasteiger partial charge in [-0.3, -0.25) is 0 Å². The molecule has 142 valence electrons. The summed E-state index contributed by atoms with van der Waals surface area (Å²) >= 11 is 7.57. The number of rotatable bonds is 6. The van der Waals surface area contributed by atoms with Gasteiger partial charge in [0.25, 0.3) is 0 Å². The van der Waals surface area contributed by atoms with Crippen LogP contribution in [0, 0.1) is 6.92 Å². The third-order valence-corrected chi connectivity index (χ3v) is 5.70. The van der Waals surface area contributed by atoms with Gasteiger partial charge in [0, 0.05) is 32.9 Å². The quantitative estimate of drug-likeness (QED) is 0.423. The van der Waals surface area contributed by atoms with E-state index in [1.54, 1.807) is 17.5 Å². The Morgan fingerprint density at radius 2 is 1.86 bits per heavy atom. The largest absolute Gasteiger partial charge is 0.489 e. The Bertz CT molecular complexity index is 1110. The highest BCUT2D eigenvalue weighted by Gasteiger charge is 2.10. The predicted molar refractivity (Wildman–Crippen MR) is 115 cm³/mol. The van der Waals surface area contributed by atoms with Gasteiger partial charge in [-0.25, -0.2) is 4.98 Å². The SMILES string of the molecule is Cc1ccc(OCc2ccc(Cl)cc2)cc1OCc1csc2ccnc(N)c12. The van der Waals surface area contributed by atoms with E-state index in [0.29, 0.717) is 24.1 Å². The summed E-state index contributed by atoms with van der Waals surface area (Å²) in [4.78, 5) is 4.19. The van der Waals surface area contributed by atoms with Crippen molar-refractivity contribution >= 4 is 38.8 Å². The van der Waals surface area contributed by atoms with E-state index in [0.717, 1.165) is 38.3 Å². The minimum absolute atomic E-state index is 0.428. The van der Waals surface area contributed by atoms with Gasteiger partial charge in [-0.05, 0) is 47.7 Å². The van der Waals surface area contributed by atoms with Crippen LogP contribution in [0.5, 0.6) is 11.5 Å². The van der Waals surface area contributed by atoms with E-state index in [2.05, 4.69) is 10.4 Å². The highest BCUT2D eigenvalue weighted by Crippen LogP contribution is 2.31. The van der Waals surface area contributed by atoms with Crippen molar-refractivity contribution in [1.82, 2.24) is 4.98 Å². The molecule has 6 heteroatoms. The number of ether oxygens (including phenoxy) is 2. The molecule has 28 heavy (non-hydrogen) atoms. The number of pyridine rings is 1. The highest BCUT2D eigenvalue weighted by atomic mass is 35.5. The fourth-order valence-corrected chi connectivity index (χ4v) is 3.98. The molecular formula is C22H19ClN2O2S. The Hall–Kier alpha value is -2.76. The summed E-state index contributed by atoms with van der Waals surface area (Å²) < 4.78 is 13.1. The molecule has 0 saturated carbocycles. The van der Waals surface area contributed by atoms with Crippen LogP contribution >= 0.6 is 22.9 Å². The van der Waals surface area contributed by atoms with Crippen LogP contribution in [0.4, 0.5) is 5.82 Å². The molecule has 0 spiro atoms. The Morgan fingerprint density at radius 3 is 2.68 bits per heavy atom. The van der Waals surface area contributed by atoms with Crippen molar-refractivity contribution in [2.24, 2.45) is 0 Å².